The maximum atomic E-state index is 12.9. The van der Waals surface area contributed by atoms with Crippen LogP contribution in [-0.4, -0.2) is 41.5 Å². The molecule has 2 aliphatic rings. The van der Waals surface area contributed by atoms with Crippen LogP contribution in [0.1, 0.15) is 11.4 Å². The second-order valence-electron chi connectivity index (χ2n) is 5.71. The molecule has 1 saturated heterocycles. The van der Waals surface area contributed by atoms with Crippen molar-refractivity contribution in [2.45, 2.75) is 25.1 Å². The molecule has 2 unspecified atom stereocenters. The standard InChI is InChI=1S/C16H17N3O2S/c1-18-12-4-2-3-5-14(12)21-11-8-13(16(18)20)19(9-11)10-15-17-6-7-22-15/h2-7,11,13H,8-10H2,1H3. The lowest BCUT2D eigenvalue weighted by Crippen LogP contribution is -2.44. The summed E-state index contributed by atoms with van der Waals surface area (Å²) in [6.07, 6.45) is 2.60. The van der Waals surface area contributed by atoms with Gasteiger partial charge in [-0.2, -0.15) is 0 Å². The number of likely N-dealkylation sites (N-methyl/N-ethyl adjacent to an activating group) is 1. The third kappa shape index (κ3) is 2.28. The molecule has 5 nitrogen and oxygen atoms in total. The lowest BCUT2D eigenvalue weighted by molar-refractivity contribution is -0.122. The average molecular weight is 315 g/mol. The number of fused-ring (bicyclic) bond motifs is 3. The van der Waals surface area contributed by atoms with Gasteiger partial charge >= 0.3 is 0 Å². The molecule has 1 fully saturated rings. The van der Waals surface area contributed by atoms with Gasteiger partial charge in [0.1, 0.15) is 16.9 Å². The van der Waals surface area contributed by atoms with E-state index in [9.17, 15) is 4.79 Å². The Labute approximate surface area is 133 Å². The maximum Gasteiger partial charge on any atom is 0.244 e. The van der Waals surface area contributed by atoms with Crippen LogP contribution < -0.4 is 9.64 Å². The molecule has 0 N–H and O–H groups in total. The van der Waals surface area contributed by atoms with Crippen molar-refractivity contribution < 1.29 is 9.53 Å². The summed E-state index contributed by atoms with van der Waals surface area (Å²) in [5.74, 6) is 0.924. The highest BCUT2D eigenvalue weighted by Gasteiger charge is 2.42. The molecule has 22 heavy (non-hydrogen) atoms. The zero-order valence-corrected chi connectivity index (χ0v) is 13.1. The summed E-state index contributed by atoms with van der Waals surface area (Å²) < 4.78 is 6.14. The predicted molar refractivity (Wildman–Crippen MR) is 85.2 cm³/mol. The second-order valence-corrected chi connectivity index (χ2v) is 6.69. The van der Waals surface area contributed by atoms with Crippen LogP contribution in [0.4, 0.5) is 5.69 Å². The Morgan fingerprint density at radius 1 is 1.41 bits per heavy atom. The molecule has 0 saturated carbocycles. The summed E-state index contributed by atoms with van der Waals surface area (Å²) in [6.45, 7) is 1.47. The second kappa shape index (κ2) is 5.37. The normalized spacial score (nSPS) is 24.6. The van der Waals surface area contributed by atoms with Crippen LogP contribution >= 0.6 is 11.3 Å². The molecule has 6 heteroatoms. The van der Waals surface area contributed by atoms with Crippen molar-refractivity contribution in [3.63, 3.8) is 0 Å². The molecule has 0 spiro atoms. The summed E-state index contributed by atoms with van der Waals surface area (Å²) in [4.78, 5) is 21.1. The monoisotopic (exact) mass is 315 g/mol. The van der Waals surface area contributed by atoms with Gasteiger partial charge in [0.05, 0.1) is 18.3 Å². The zero-order chi connectivity index (χ0) is 15.1. The van der Waals surface area contributed by atoms with Gasteiger partial charge in [-0.15, -0.1) is 11.3 Å². The van der Waals surface area contributed by atoms with Crippen molar-refractivity contribution in [1.82, 2.24) is 9.88 Å². The number of rotatable bonds is 2. The van der Waals surface area contributed by atoms with E-state index >= 15 is 0 Å². The van der Waals surface area contributed by atoms with Gasteiger partial charge in [0.2, 0.25) is 5.91 Å². The Morgan fingerprint density at radius 2 is 2.27 bits per heavy atom. The lowest BCUT2D eigenvalue weighted by Gasteiger charge is -2.28. The number of ether oxygens (including phenoxy) is 1. The number of thiazole rings is 1. The summed E-state index contributed by atoms with van der Waals surface area (Å²) >= 11 is 1.63. The van der Waals surface area contributed by atoms with Gasteiger partial charge in [0.15, 0.2) is 0 Å². The van der Waals surface area contributed by atoms with Gasteiger partial charge in [-0.25, -0.2) is 4.98 Å². The van der Waals surface area contributed by atoms with E-state index in [-0.39, 0.29) is 18.1 Å². The number of carbonyl (C=O) groups excluding carboxylic acids is 1. The first-order valence-corrected chi connectivity index (χ1v) is 8.26. The van der Waals surface area contributed by atoms with E-state index in [0.29, 0.717) is 6.54 Å². The number of hydrogen-bond donors (Lipinski definition) is 0. The molecule has 114 valence electrons. The van der Waals surface area contributed by atoms with Crippen LogP contribution in [0, 0.1) is 0 Å². The van der Waals surface area contributed by atoms with Crippen LogP contribution in [-0.2, 0) is 11.3 Å². The highest BCUT2D eigenvalue weighted by Crippen LogP contribution is 2.35. The number of carbonyl (C=O) groups is 1. The molecule has 1 aromatic heterocycles. The molecular weight excluding hydrogens is 298 g/mol. The average Bonchev–Trinajstić information content (AvgIpc) is 3.16. The number of nitrogens with zero attached hydrogens (tertiary/aromatic N) is 3. The van der Waals surface area contributed by atoms with Gasteiger partial charge in [-0.1, -0.05) is 12.1 Å². The molecule has 1 aromatic carbocycles. The number of aromatic nitrogens is 1. The van der Waals surface area contributed by atoms with E-state index in [1.807, 2.05) is 36.7 Å². The first kappa shape index (κ1) is 13.7. The van der Waals surface area contributed by atoms with E-state index < -0.39 is 0 Å². The number of likely N-dealkylation sites (tertiary alicyclic amines) is 1. The first-order valence-electron chi connectivity index (χ1n) is 7.38. The van der Waals surface area contributed by atoms with Crippen LogP contribution in [0.15, 0.2) is 35.8 Å². The van der Waals surface area contributed by atoms with Crippen molar-refractivity contribution >= 4 is 22.9 Å². The van der Waals surface area contributed by atoms with Crippen LogP contribution in [0.25, 0.3) is 0 Å². The first-order chi connectivity index (χ1) is 10.7. The van der Waals surface area contributed by atoms with Gasteiger partial charge in [-0.3, -0.25) is 9.69 Å². The van der Waals surface area contributed by atoms with E-state index in [2.05, 4.69) is 9.88 Å². The molecule has 0 radical (unpaired) electrons. The molecule has 2 aliphatic heterocycles. The summed E-state index contributed by atoms with van der Waals surface area (Å²) in [6, 6.07) is 7.61. The van der Waals surface area contributed by atoms with Gasteiger partial charge in [0.25, 0.3) is 0 Å². The Hall–Kier alpha value is -1.92. The molecule has 0 aliphatic carbocycles. The highest BCUT2D eigenvalue weighted by molar-refractivity contribution is 7.09. The minimum absolute atomic E-state index is 0.0590. The number of anilines is 1. The SMILES string of the molecule is CN1C(=O)C2CC(CN2Cc2nccs2)Oc2ccccc21. The Morgan fingerprint density at radius 3 is 3.09 bits per heavy atom. The van der Waals surface area contributed by atoms with Crippen LogP contribution in [0.5, 0.6) is 5.75 Å². The van der Waals surface area contributed by atoms with E-state index in [1.54, 1.807) is 22.4 Å². The van der Waals surface area contributed by atoms with Crippen molar-refractivity contribution in [3.05, 3.63) is 40.8 Å². The Balaban J connectivity index is 1.65. The zero-order valence-electron chi connectivity index (χ0n) is 12.3. The summed E-state index contributed by atoms with van der Waals surface area (Å²) in [5, 5.41) is 3.01. The number of hydrogen-bond acceptors (Lipinski definition) is 5. The van der Waals surface area contributed by atoms with Crippen LogP contribution in [0.3, 0.4) is 0 Å². The van der Waals surface area contributed by atoms with E-state index in [1.165, 1.54) is 0 Å². The minimum atomic E-state index is -0.132. The van der Waals surface area contributed by atoms with Crippen molar-refractivity contribution in [2.24, 2.45) is 0 Å². The molecule has 3 heterocycles. The van der Waals surface area contributed by atoms with Gasteiger partial charge < -0.3 is 9.64 Å². The molecule has 2 atom stereocenters. The third-order valence-electron chi connectivity index (χ3n) is 4.32. The molecule has 1 amide bonds. The molecular formula is C16H17N3O2S. The lowest BCUT2D eigenvalue weighted by atomic mass is 10.1. The quantitative estimate of drug-likeness (QED) is 0.852. The Bertz CT molecular complexity index is 688. The molecule has 2 bridgehead atoms. The maximum absolute atomic E-state index is 12.9. The highest BCUT2D eigenvalue weighted by atomic mass is 32.1. The van der Waals surface area contributed by atoms with E-state index in [0.717, 1.165) is 29.4 Å². The van der Waals surface area contributed by atoms with Crippen molar-refractivity contribution in [3.8, 4) is 5.75 Å². The fourth-order valence-electron chi connectivity index (χ4n) is 3.24. The topological polar surface area (TPSA) is 45.7 Å². The number of para-hydroxylation sites is 2. The minimum Gasteiger partial charge on any atom is -0.487 e. The van der Waals surface area contributed by atoms with Gasteiger partial charge in [-0.05, 0) is 12.1 Å². The Kier molecular flexibility index (Phi) is 3.35. The fourth-order valence-corrected chi connectivity index (χ4v) is 3.88. The molecule has 4 rings (SSSR count). The smallest absolute Gasteiger partial charge is 0.244 e. The number of amides is 1. The largest absolute Gasteiger partial charge is 0.487 e. The van der Waals surface area contributed by atoms with Gasteiger partial charge in [0, 0.05) is 31.6 Å². The van der Waals surface area contributed by atoms with Crippen LogP contribution in [0.2, 0.25) is 0 Å². The van der Waals surface area contributed by atoms with Crippen molar-refractivity contribution in [2.75, 3.05) is 18.5 Å². The predicted octanol–water partition coefficient (Wildman–Crippen LogP) is 2.14. The fraction of sp³-hybridized carbons (Fsp3) is 0.375. The number of benzene rings is 1. The van der Waals surface area contributed by atoms with Crippen molar-refractivity contribution in [1.29, 1.82) is 0 Å². The molecule has 2 aromatic rings. The third-order valence-corrected chi connectivity index (χ3v) is 5.09. The summed E-state index contributed by atoms with van der Waals surface area (Å²) in [5.41, 5.74) is 0.846. The summed E-state index contributed by atoms with van der Waals surface area (Å²) in [7, 11) is 1.82. The van der Waals surface area contributed by atoms with E-state index in [4.69, 9.17) is 4.74 Å².